The predicted octanol–water partition coefficient (Wildman–Crippen LogP) is 4.68. The topological polar surface area (TPSA) is 25.2 Å². The Morgan fingerprint density at radius 3 is 2.32 bits per heavy atom. The quantitative estimate of drug-likeness (QED) is 0.739. The van der Waals surface area contributed by atoms with Crippen LogP contribution in [0.5, 0.6) is 0 Å². The number of rotatable bonds is 5. The van der Waals surface area contributed by atoms with Gasteiger partial charge in [-0.2, -0.15) is 0 Å². The monoisotopic (exact) mass is 295 g/mol. The number of furan rings is 1. The van der Waals surface area contributed by atoms with Gasteiger partial charge in [-0.3, -0.25) is 0 Å². The first kappa shape index (κ1) is 14.5. The Bertz CT molecular complexity index is 729. The van der Waals surface area contributed by atoms with E-state index in [9.17, 15) is 4.39 Å². The number of halogens is 1. The van der Waals surface area contributed by atoms with E-state index < -0.39 is 0 Å². The first-order chi connectivity index (χ1) is 10.7. The third kappa shape index (κ3) is 3.62. The first-order valence-corrected chi connectivity index (χ1v) is 7.31. The highest BCUT2D eigenvalue weighted by Crippen LogP contribution is 2.22. The Morgan fingerprint density at radius 1 is 0.864 bits per heavy atom. The van der Waals surface area contributed by atoms with Gasteiger partial charge >= 0.3 is 0 Å². The lowest BCUT2D eigenvalue weighted by molar-refractivity contribution is 0.493. The molecule has 3 rings (SSSR count). The van der Waals surface area contributed by atoms with E-state index in [1.807, 2.05) is 12.1 Å². The molecule has 0 amide bonds. The molecule has 1 heterocycles. The summed E-state index contributed by atoms with van der Waals surface area (Å²) in [6.07, 6.45) is 0. The fourth-order valence-electron chi connectivity index (χ4n) is 2.28. The number of hydrogen-bond acceptors (Lipinski definition) is 2. The molecule has 3 aromatic rings. The second kappa shape index (κ2) is 6.58. The lowest BCUT2D eigenvalue weighted by atomic mass is 10.1. The van der Waals surface area contributed by atoms with Gasteiger partial charge in [-0.25, -0.2) is 4.39 Å². The van der Waals surface area contributed by atoms with Crippen LogP contribution in [0.25, 0.3) is 11.3 Å². The van der Waals surface area contributed by atoms with Gasteiger partial charge in [0, 0.05) is 12.1 Å². The molecule has 112 valence electrons. The molecule has 0 bridgehead atoms. The molecule has 0 atom stereocenters. The van der Waals surface area contributed by atoms with Crippen molar-refractivity contribution in [2.24, 2.45) is 0 Å². The van der Waals surface area contributed by atoms with Crippen LogP contribution >= 0.6 is 0 Å². The van der Waals surface area contributed by atoms with Crippen LogP contribution in [-0.4, -0.2) is 0 Å². The van der Waals surface area contributed by atoms with Crippen LogP contribution < -0.4 is 5.32 Å². The van der Waals surface area contributed by atoms with Crippen LogP contribution in [0.2, 0.25) is 0 Å². The predicted molar refractivity (Wildman–Crippen MR) is 85.8 cm³/mol. The molecule has 2 nitrogen and oxygen atoms in total. The molecule has 0 aliphatic carbocycles. The fraction of sp³-hybridized carbons (Fsp3) is 0.158. The summed E-state index contributed by atoms with van der Waals surface area (Å²) in [7, 11) is 0. The third-order valence-electron chi connectivity index (χ3n) is 3.54. The van der Waals surface area contributed by atoms with Gasteiger partial charge in [0.15, 0.2) is 0 Å². The van der Waals surface area contributed by atoms with Gasteiger partial charge in [0.2, 0.25) is 0 Å². The van der Waals surface area contributed by atoms with Crippen molar-refractivity contribution in [3.63, 3.8) is 0 Å². The molecule has 0 aliphatic heterocycles. The largest absolute Gasteiger partial charge is 0.460 e. The molecule has 0 saturated heterocycles. The van der Waals surface area contributed by atoms with Gasteiger partial charge in [-0.15, -0.1) is 0 Å². The van der Waals surface area contributed by atoms with E-state index >= 15 is 0 Å². The van der Waals surface area contributed by atoms with Gasteiger partial charge in [-0.1, -0.05) is 29.8 Å². The SMILES string of the molecule is Cc1ccc(CNCc2ccc(-c3ccc(F)cc3)o2)cc1. The zero-order valence-electron chi connectivity index (χ0n) is 12.5. The Hall–Kier alpha value is -2.39. The summed E-state index contributed by atoms with van der Waals surface area (Å²) >= 11 is 0. The second-order valence-electron chi connectivity index (χ2n) is 5.36. The standard InChI is InChI=1S/C19H18FNO/c1-14-2-4-15(5-3-14)12-21-13-18-10-11-19(22-18)16-6-8-17(20)9-7-16/h2-11,21H,12-13H2,1H3. The normalized spacial score (nSPS) is 10.8. The number of hydrogen-bond donors (Lipinski definition) is 1. The van der Waals surface area contributed by atoms with Gasteiger partial charge < -0.3 is 9.73 Å². The second-order valence-corrected chi connectivity index (χ2v) is 5.36. The van der Waals surface area contributed by atoms with Crippen LogP contribution in [-0.2, 0) is 13.1 Å². The summed E-state index contributed by atoms with van der Waals surface area (Å²) in [6, 6.07) is 18.6. The highest BCUT2D eigenvalue weighted by Gasteiger charge is 2.05. The lowest BCUT2D eigenvalue weighted by Crippen LogP contribution is -2.11. The van der Waals surface area contributed by atoms with Crippen molar-refractivity contribution in [2.45, 2.75) is 20.0 Å². The highest BCUT2D eigenvalue weighted by atomic mass is 19.1. The maximum Gasteiger partial charge on any atom is 0.134 e. The van der Waals surface area contributed by atoms with Crippen LogP contribution in [0.4, 0.5) is 4.39 Å². The van der Waals surface area contributed by atoms with Crippen LogP contribution in [0.1, 0.15) is 16.9 Å². The summed E-state index contributed by atoms with van der Waals surface area (Å²) in [5.74, 6) is 1.38. The van der Waals surface area contributed by atoms with Crippen molar-refractivity contribution in [3.8, 4) is 11.3 Å². The lowest BCUT2D eigenvalue weighted by Gasteiger charge is -2.03. The zero-order chi connectivity index (χ0) is 15.4. The van der Waals surface area contributed by atoms with E-state index in [-0.39, 0.29) is 5.82 Å². The van der Waals surface area contributed by atoms with E-state index in [1.165, 1.54) is 23.3 Å². The molecule has 22 heavy (non-hydrogen) atoms. The molecular formula is C19H18FNO. The molecule has 0 unspecified atom stereocenters. The fourth-order valence-corrected chi connectivity index (χ4v) is 2.28. The van der Waals surface area contributed by atoms with E-state index in [4.69, 9.17) is 4.42 Å². The Morgan fingerprint density at radius 2 is 1.59 bits per heavy atom. The molecule has 0 radical (unpaired) electrons. The minimum atomic E-state index is -0.240. The summed E-state index contributed by atoms with van der Waals surface area (Å²) in [5, 5.41) is 3.36. The number of benzene rings is 2. The number of nitrogens with one attached hydrogen (secondary N) is 1. The summed E-state index contributed by atoms with van der Waals surface area (Å²) in [6.45, 7) is 3.54. The molecule has 0 fully saturated rings. The average molecular weight is 295 g/mol. The van der Waals surface area contributed by atoms with Gasteiger partial charge in [-0.05, 0) is 48.9 Å². The van der Waals surface area contributed by atoms with Crippen LogP contribution in [0.15, 0.2) is 65.1 Å². The maximum absolute atomic E-state index is 12.9. The van der Waals surface area contributed by atoms with Crippen molar-refractivity contribution < 1.29 is 8.81 Å². The van der Waals surface area contributed by atoms with Crippen molar-refractivity contribution in [1.29, 1.82) is 0 Å². The van der Waals surface area contributed by atoms with Crippen molar-refractivity contribution in [2.75, 3.05) is 0 Å². The van der Waals surface area contributed by atoms with Gasteiger partial charge in [0.05, 0.1) is 6.54 Å². The Kier molecular flexibility index (Phi) is 4.35. The summed E-state index contributed by atoms with van der Waals surface area (Å²) in [4.78, 5) is 0. The molecule has 1 N–H and O–H groups in total. The molecule has 0 aliphatic rings. The molecule has 0 saturated carbocycles. The van der Waals surface area contributed by atoms with E-state index in [2.05, 4.69) is 36.5 Å². The zero-order valence-corrected chi connectivity index (χ0v) is 12.5. The molecule has 0 spiro atoms. The first-order valence-electron chi connectivity index (χ1n) is 7.31. The summed E-state index contributed by atoms with van der Waals surface area (Å²) in [5.41, 5.74) is 3.39. The Labute approximate surface area is 129 Å². The van der Waals surface area contributed by atoms with Crippen molar-refractivity contribution in [1.82, 2.24) is 5.32 Å². The minimum Gasteiger partial charge on any atom is -0.460 e. The van der Waals surface area contributed by atoms with E-state index in [1.54, 1.807) is 12.1 Å². The highest BCUT2D eigenvalue weighted by molar-refractivity contribution is 5.57. The maximum atomic E-state index is 12.9. The van der Waals surface area contributed by atoms with E-state index in [0.29, 0.717) is 6.54 Å². The summed E-state index contributed by atoms with van der Waals surface area (Å²) < 4.78 is 18.7. The molecule has 2 aromatic carbocycles. The van der Waals surface area contributed by atoms with Gasteiger partial charge in [0.25, 0.3) is 0 Å². The third-order valence-corrected chi connectivity index (χ3v) is 3.54. The van der Waals surface area contributed by atoms with Crippen molar-refractivity contribution >= 4 is 0 Å². The number of aryl methyl sites for hydroxylation is 1. The molecule has 1 aromatic heterocycles. The van der Waals surface area contributed by atoms with Crippen LogP contribution in [0, 0.1) is 12.7 Å². The molecule has 3 heteroatoms. The van der Waals surface area contributed by atoms with E-state index in [0.717, 1.165) is 23.6 Å². The Balaban J connectivity index is 1.57. The van der Waals surface area contributed by atoms with Crippen LogP contribution in [0.3, 0.4) is 0 Å². The smallest absolute Gasteiger partial charge is 0.134 e. The molecular weight excluding hydrogens is 277 g/mol. The van der Waals surface area contributed by atoms with Crippen molar-refractivity contribution in [3.05, 3.63) is 83.4 Å². The van der Waals surface area contributed by atoms with Gasteiger partial charge in [0.1, 0.15) is 17.3 Å². The minimum absolute atomic E-state index is 0.240. The average Bonchev–Trinajstić information content (AvgIpc) is 2.99.